The molecule has 1 amide bonds. The van der Waals surface area contributed by atoms with E-state index >= 15 is 0 Å². The SMILES string of the molecule is CCn1nc(C(=O)N2CCCCC2)c(=O)c2cc(F)ccc21. The number of fused-ring (bicyclic) bond motifs is 1. The molecule has 2 heterocycles. The minimum Gasteiger partial charge on any atom is -0.337 e. The van der Waals surface area contributed by atoms with Crippen LogP contribution >= 0.6 is 0 Å². The van der Waals surface area contributed by atoms with Gasteiger partial charge in [-0.15, -0.1) is 0 Å². The number of nitrogens with zero attached hydrogens (tertiary/aromatic N) is 3. The van der Waals surface area contributed by atoms with Gasteiger partial charge in [-0.2, -0.15) is 5.10 Å². The maximum absolute atomic E-state index is 13.5. The average molecular weight is 303 g/mol. The number of amides is 1. The number of hydrogen-bond donors (Lipinski definition) is 0. The Morgan fingerprint density at radius 2 is 2.00 bits per heavy atom. The van der Waals surface area contributed by atoms with Crippen LogP contribution in [0.4, 0.5) is 4.39 Å². The highest BCUT2D eigenvalue weighted by atomic mass is 19.1. The van der Waals surface area contributed by atoms with Gasteiger partial charge in [0.25, 0.3) is 5.91 Å². The van der Waals surface area contributed by atoms with Crippen molar-refractivity contribution >= 4 is 16.8 Å². The lowest BCUT2D eigenvalue weighted by molar-refractivity contribution is 0.0714. The van der Waals surface area contributed by atoms with Gasteiger partial charge in [0.15, 0.2) is 5.69 Å². The Labute approximate surface area is 127 Å². The third-order valence-corrected chi connectivity index (χ3v) is 4.06. The van der Waals surface area contributed by atoms with E-state index in [0.717, 1.165) is 19.3 Å². The normalized spacial score (nSPS) is 15.3. The third-order valence-electron chi connectivity index (χ3n) is 4.06. The Balaban J connectivity index is 2.15. The molecule has 22 heavy (non-hydrogen) atoms. The number of likely N-dealkylation sites (tertiary alicyclic amines) is 1. The number of aryl methyl sites for hydroxylation is 1. The Kier molecular flexibility index (Phi) is 3.92. The van der Waals surface area contributed by atoms with E-state index in [9.17, 15) is 14.0 Å². The van der Waals surface area contributed by atoms with Crippen LogP contribution in [0.2, 0.25) is 0 Å². The van der Waals surface area contributed by atoms with Crippen molar-refractivity contribution in [2.24, 2.45) is 0 Å². The monoisotopic (exact) mass is 303 g/mol. The molecule has 1 aromatic carbocycles. The second-order valence-electron chi connectivity index (χ2n) is 5.51. The molecular formula is C16H18FN3O2. The van der Waals surface area contributed by atoms with Gasteiger partial charge in [-0.1, -0.05) is 0 Å². The molecule has 0 bridgehead atoms. The van der Waals surface area contributed by atoms with E-state index in [-0.39, 0.29) is 17.0 Å². The van der Waals surface area contributed by atoms with Gasteiger partial charge in [0.1, 0.15) is 5.82 Å². The first-order valence-corrected chi connectivity index (χ1v) is 7.61. The van der Waals surface area contributed by atoms with Crippen LogP contribution in [-0.4, -0.2) is 33.7 Å². The lowest BCUT2D eigenvalue weighted by Crippen LogP contribution is -2.39. The van der Waals surface area contributed by atoms with Crippen molar-refractivity contribution in [3.05, 3.63) is 39.9 Å². The summed E-state index contributed by atoms with van der Waals surface area (Å²) in [6.45, 7) is 3.67. The van der Waals surface area contributed by atoms with Crippen molar-refractivity contribution in [2.45, 2.75) is 32.7 Å². The minimum atomic E-state index is -0.491. The molecule has 2 aromatic rings. The van der Waals surface area contributed by atoms with Gasteiger partial charge < -0.3 is 4.90 Å². The van der Waals surface area contributed by atoms with E-state index in [4.69, 9.17) is 0 Å². The van der Waals surface area contributed by atoms with Crippen molar-refractivity contribution in [2.75, 3.05) is 13.1 Å². The first-order valence-electron chi connectivity index (χ1n) is 7.61. The van der Waals surface area contributed by atoms with Gasteiger partial charge in [-0.25, -0.2) is 4.39 Å². The summed E-state index contributed by atoms with van der Waals surface area (Å²) in [6.07, 6.45) is 2.98. The number of halogens is 1. The first-order chi connectivity index (χ1) is 10.6. The Morgan fingerprint density at radius 3 is 2.68 bits per heavy atom. The number of rotatable bonds is 2. The van der Waals surface area contributed by atoms with E-state index in [1.807, 2.05) is 6.92 Å². The molecule has 116 valence electrons. The largest absolute Gasteiger partial charge is 0.337 e. The van der Waals surface area contributed by atoms with Crippen LogP contribution in [0, 0.1) is 5.82 Å². The lowest BCUT2D eigenvalue weighted by Gasteiger charge is -2.26. The van der Waals surface area contributed by atoms with E-state index in [1.165, 1.54) is 18.2 Å². The number of aromatic nitrogens is 2. The van der Waals surface area contributed by atoms with E-state index in [2.05, 4.69) is 5.10 Å². The molecule has 1 aliphatic heterocycles. The quantitative estimate of drug-likeness (QED) is 0.854. The number of hydrogen-bond acceptors (Lipinski definition) is 3. The van der Waals surface area contributed by atoms with Crippen LogP contribution in [-0.2, 0) is 6.54 Å². The first kappa shape index (κ1) is 14.7. The number of benzene rings is 1. The highest BCUT2D eigenvalue weighted by molar-refractivity contribution is 5.95. The summed E-state index contributed by atoms with van der Waals surface area (Å²) < 4.78 is 15.1. The molecule has 1 aliphatic rings. The van der Waals surface area contributed by atoms with Crippen molar-refractivity contribution in [1.29, 1.82) is 0 Å². The van der Waals surface area contributed by atoms with Crippen LogP contribution in [0.3, 0.4) is 0 Å². The molecule has 0 radical (unpaired) electrons. The van der Waals surface area contributed by atoms with Gasteiger partial charge in [-0.05, 0) is 44.4 Å². The van der Waals surface area contributed by atoms with Gasteiger partial charge in [-0.3, -0.25) is 14.3 Å². The van der Waals surface area contributed by atoms with Crippen molar-refractivity contribution in [3.63, 3.8) is 0 Å². The summed E-state index contributed by atoms with van der Waals surface area (Å²) in [4.78, 5) is 26.8. The molecule has 0 saturated carbocycles. The number of piperidine rings is 1. The van der Waals surface area contributed by atoms with Crippen LogP contribution in [0.5, 0.6) is 0 Å². The van der Waals surface area contributed by atoms with Crippen LogP contribution < -0.4 is 5.43 Å². The molecule has 5 nitrogen and oxygen atoms in total. The van der Waals surface area contributed by atoms with Crippen molar-refractivity contribution in [3.8, 4) is 0 Å². The summed E-state index contributed by atoms with van der Waals surface area (Å²) >= 11 is 0. The fourth-order valence-electron chi connectivity index (χ4n) is 2.89. The van der Waals surface area contributed by atoms with Crippen LogP contribution in [0.15, 0.2) is 23.0 Å². The zero-order chi connectivity index (χ0) is 15.7. The molecule has 0 N–H and O–H groups in total. The molecule has 0 atom stereocenters. The highest BCUT2D eigenvalue weighted by Gasteiger charge is 2.24. The van der Waals surface area contributed by atoms with Gasteiger partial charge in [0.05, 0.1) is 10.9 Å². The van der Waals surface area contributed by atoms with Gasteiger partial charge >= 0.3 is 0 Å². The van der Waals surface area contributed by atoms with E-state index < -0.39 is 11.2 Å². The Hall–Kier alpha value is -2.24. The summed E-state index contributed by atoms with van der Waals surface area (Å²) in [6, 6.07) is 4.00. The molecule has 3 rings (SSSR count). The molecule has 6 heteroatoms. The van der Waals surface area contributed by atoms with Crippen molar-refractivity contribution in [1.82, 2.24) is 14.7 Å². The summed E-state index contributed by atoms with van der Waals surface area (Å²) in [5, 5.41) is 4.42. The molecule has 0 unspecified atom stereocenters. The summed E-state index contributed by atoms with van der Waals surface area (Å²) in [5.41, 5.74) is -0.0549. The fraction of sp³-hybridized carbons (Fsp3) is 0.438. The molecule has 0 spiro atoms. The molecule has 1 saturated heterocycles. The predicted molar refractivity (Wildman–Crippen MR) is 81.4 cm³/mol. The molecule has 1 fully saturated rings. The fourth-order valence-corrected chi connectivity index (χ4v) is 2.89. The zero-order valence-corrected chi connectivity index (χ0v) is 12.5. The lowest BCUT2D eigenvalue weighted by atomic mass is 10.1. The number of carbonyl (C=O) groups excluding carboxylic acids is 1. The summed E-state index contributed by atoms with van der Waals surface area (Å²) in [5.74, 6) is -0.840. The standard InChI is InChI=1S/C16H18FN3O2/c1-2-20-13-7-6-11(17)10-12(13)15(21)14(18-20)16(22)19-8-4-3-5-9-19/h6-7,10H,2-5,8-9H2,1H3. The van der Waals surface area contributed by atoms with E-state index in [1.54, 1.807) is 9.58 Å². The zero-order valence-electron chi connectivity index (χ0n) is 12.5. The topological polar surface area (TPSA) is 55.2 Å². The smallest absolute Gasteiger partial charge is 0.278 e. The van der Waals surface area contributed by atoms with Crippen LogP contribution in [0.25, 0.3) is 10.9 Å². The predicted octanol–water partition coefficient (Wildman–Crippen LogP) is 2.18. The van der Waals surface area contributed by atoms with Crippen molar-refractivity contribution < 1.29 is 9.18 Å². The Bertz CT molecular complexity index is 779. The second-order valence-corrected chi connectivity index (χ2v) is 5.51. The second kappa shape index (κ2) is 5.87. The maximum Gasteiger partial charge on any atom is 0.278 e. The van der Waals surface area contributed by atoms with Gasteiger partial charge in [0.2, 0.25) is 5.43 Å². The Morgan fingerprint density at radius 1 is 1.27 bits per heavy atom. The van der Waals surface area contributed by atoms with E-state index in [0.29, 0.717) is 25.2 Å². The molecular weight excluding hydrogens is 285 g/mol. The average Bonchev–Trinajstić information content (AvgIpc) is 2.56. The van der Waals surface area contributed by atoms with Gasteiger partial charge in [0, 0.05) is 19.6 Å². The highest BCUT2D eigenvalue weighted by Crippen LogP contribution is 2.15. The molecule has 1 aromatic heterocycles. The molecule has 0 aliphatic carbocycles. The maximum atomic E-state index is 13.5. The third kappa shape index (κ3) is 2.49. The summed E-state index contributed by atoms with van der Waals surface area (Å²) in [7, 11) is 0. The number of carbonyl (C=O) groups is 1. The van der Waals surface area contributed by atoms with Crippen LogP contribution in [0.1, 0.15) is 36.7 Å². The minimum absolute atomic E-state index is 0.109.